The second-order valence-corrected chi connectivity index (χ2v) is 4.25. The number of ketones is 1. The number of carbonyl (C=O) groups is 1. The van der Waals surface area contributed by atoms with E-state index >= 15 is 0 Å². The minimum Gasteiger partial charge on any atom is -0.356 e. The first-order valence-electron chi connectivity index (χ1n) is 5.68. The Hall–Kier alpha value is -1.68. The van der Waals surface area contributed by atoms with Crippen molar-refractivity contribution < 1.29 is 9.32 Å². The van der Waals surface area contributed by atoms with Crippen molar-refractivity contribution in [3.05, 3.63) is 30.0 Å². The second kappa shape index (κ2) is 4.67. The maximum absolute atomic E-state index is 12.0. The highest BCUT2D eigenvalue weighted by molar-refractivity contribution is 5.90. The lowest BCUT2D eigenvalue weighted by molar-refractivity contribution is -0.123. The standard InChI is InChI=1S/C13H16N2O2/c1-4-10(16)13(15(2)3)12-9-7-5-6-8-11(9)17-14-12/h5-8,13H,4H2,1-3H3. The highest BCUT2D eigenvalue weighted by atomic mass is 16.5. The fourth-order valence-corrected chi connectivity index (χ4v) is 1.98. The predicted molar refractivity (Wildman–Crippen MR) is 65.7 cm³/mol. The Morgan fingerprint density at radius 2 is 2.12 bits per heavy atom. The van der Waals surface area contributed by atoms with Crippen LogP contribution >= 0.6 is 0 Å². The van der Waals surface area contributed by atoms with E-state index in [1.54, 1.807) is 0 Å². The van der Waals surface area contributed by atoms with Gasteiger partial charge < -0.3 is 4.52 Å². The lowest BCUT2D eigenvalue weighted by Gasteiger charge is -2.20. The molecule has 17 heavy (non-hydrogen) atoms. The van der Waals surface area contributed by atoms with Crippen LogP contribution in [0.2, 0.25) is 0 Å². The number of hydrogen-bond acceptors (Lipinski definition) is 4. The average molecular weight is 232 g/mol. The van der Waals surface area contributed by atoms with E-state index in [0.29, 0.717) is 12.1 Å². The second-order valence-electron chi connectivity index (χ2n) is 4.25. The highest BCUT2D eigenvalue weighted by Gasteiger charge is 2.26. The lowest BCUT2D eigenvalue weighted by Crippen LogP contribution is -2.27. The molecule has 0 radical (unpaired) electrons. The normalized spacial score (nSPS) is 13.2. The van der Waals surface area contributed by atoms with Crippen LogP contribution in [0.15, 0.2) is 28.8 Å². The SMILES string of the molecule is CCC(=O)C(c1noc2ccccc12)N(C)C. The topological polar surface area (TPSA) is 46.3 Å². The van der Waals surface area contributed by atoms with E-state index in [-0.39, 0.29) is 11.8 Å². The molecule has 0 fully saturated rings. The summed E-state index contributed by atoms with van der Waals surface area (Å²) >= 11 is 0. The molecule has 1 heterocycles. The van der Waals surface area contributed by atoms with Crippen molar-refractivity contribution in [3.8, 4) is 0 Å². The van der Waals surface area contributed by atoms with Crippen LogP contribution in [0.25, 0.3) is 11.0 Å². The molecule has 0 saturated carbocycles. The van der Waals surface area contributed by atoms with Gasteiger partial charge in [0.1, 0.15) is 11.7 Å². The first kappa shape index (κ1) is 11.8. The van der Waals surface area contributed by atoms with Crippen LogP contribution < -0.4 is 0 Å². The summed E-state index contributed by atoms with van der Waals surface area (Å²) in [5, 5.41) is 4.96. The lowest BCUT2D eigenvalue weighted by atomic mass is 10.0. The number of Topliss-reactive ketones (excluding diaryl/α,β-unsaturated/α-hetero) is 1. The van der Waals surface area contributed by atoms with E-state index in [9.17, 15) is 4.79 Å². The number of carbonyl (C=O) groups excluding carboxylic acids is 1. The summed E-state index contributed by atoms with van der Waals surface area (Å²) in [5.41, 5.74) is 1.43. The molecule has 1 unspecified atom stereocenters. The monoisotopic (exact) mass is 232 g/mol. The van der Waals surface area contributed by atoms with Gasteiger partial charge >= 0.3 is 0 Å². The molecule has 90 valence electrons. The van der Waals surface area contributed by atoms with E-state index in [2.05, 4.69) is 5.16 Å². The van der Waals surface area contributed by atoms with Gasteiger partial charge in [-0.05, 0) is 26.2 Å². The molecule has 1 aromatic heterocycles. The van der Waals surface area contributed by atoms with Crippen LogP contribution in [0.1, 0.15) is 25.1 Å². The van der Waals surface area contributed by atoms with Crippen LogP contribution in [0.5, 0.6) is 0 Å². The van der Waals surface area contributed by atoms with Gasteiger partial charge in [-0.1, -0.05) is 24.2 Å². The molecule has 0 aliphatic heterocycles. The van der Waals surface area contributed by atoms with E-state index < -0.39 is 0 Å². The Balaban J connectivity index is 2.53. The fourth-order valence-electron chi connectivity index (χ4n) is 1.98. The average Bonchev–Trinajstić information content (AvgIpc) is 2.73. The zero-order valence-electron chi connectivity index (χ0n) is 10.3. The van der Waals surface area contributed by atoms with Crippen molar-refractivity contribution in [2.45, 2.75) is 19.4 Å². The number of benzene rings is 1. The summed E-state index contributed by atoms with van der Waals surface area (Å²) in [6.07, 6.45) is 0.490. The molecule has 0 aliphatic carbocycles. The Morgan fingerprint density at radius 3 is 2.76 bits per heavy atom. The van der Waals surface area contributed by atoms with Gasteiger partial charge in [0.25, 0.3) is 0 Å². The van der Waals surface area contributed by atoms with Crippen molar-refractivity contribution in [3.63, 3.8) is 0 Å². The number of nitrogens with zero attached hydrogens (tertiary/aromatic N) is 2. The van der Waals surface area contributed by atoms with Crippen molar-refractivity contribution >= 4 is 16.8 Å². The minimum absolute atomic E-state index is 0.147. The third kappa shape index (κ3) is 2.08. The number of para-hydroxylation sites is 1. The molecule has 4 nitrogen and oxygen atoms in total. The molecule has 1 aromatic carbocycles. The van der Waals surface area contributed by atoms with Gasteiger partial charge in [-0.2, -0.15) is 0 Å². The Bertz CT molecular complexity index is 531. The molecule has 0 amide bonds. The Labute approximate surface area is 100 Å². The highest BCUT2D eigenvalue weighted by Crippen LogP contribution is 2.27. The molecule has 0 saturated heterocycles. The van der Waals surface area contributed by atoms with Crippen LogP contribution in [0.3, 0.4) is 0 Å². The van der Waals surface area contributed by atoms with Crippen molar-refractivity contribution in [1.82, 2.24) is 10.1 Å². The smallest absolute Gasteiger partial charge is 0.167 e. The van der Waals surface area contributed by atoms with Crippen LogP contribution in [-0.2, 0) is 4.79 Å². The van der Waals surface area contributed by atoms with Gasteiger partial charge in [-0.15, -0.1) is 0 Å². The number of fused-ring (bicyclic) bond motifs is 1. The summed E-state index contributed by atoms with van der Waals surface area (Å²) < 4.78 is 5.25. The summed E-state index contributed by atoms with van der Waals surface area (Å²) in [4.78, 5) is 13.8. The van der Waals surface area contributed by atoms with Crippen molar-refractivity contribution in [2.75, 3.05) is 14.1 Å². The fraction of sp³-hybridized carbons (Fsp3) is 0.385. The predicted octanol–water partition coefficient (Wildman–Crippen LogP) is 2.41. The first-order chi connectivity index (χ1) is 8.15. The summed E-state index contributed by atoms with van der Waals surface area (Å²) in [7, 11) is 3.75. The Kier molecular flexibility index (Phi) is 3.24. The van der Waals surface area contributed by atoms with Crippen LogP contribution in [-0.4, -0.2) is 29.9 Å². The minimum atomic E-state index is -0.330. The maximum atomic E-state index is 12.0. The van der Waals surface area contributed by atoms with Gasteiger partial charge in [0.15, 0.2) is 11.4 Å². The van der Waals surface area contributed by atoms with Gasteiger partial charge in [0.05, 0.1) is 0 Å². The summed E-state index contributed by atoms with van der Waals surface area (Å²) in [6.45, 7) is 1.86. The van der Waals surface area contributed by atoms with E-state index in [0.717, 1.165) is 11.0 Å². The number of hydrogen-bond donors (Lipinski definition) is 0. The van der Waals surface area contributed by atoms with E-state index in [4.69, 9.17) is 4.52 Å². The first-order valence-corrected chi connectivity index (χ1v) is 5.68. The van der Waals surface area contributed by atoms with Gasteiger partial charge in [0, 0.05) is 11.8 Å². The molecule has 2 rings (SSSR count). The Morgan fingerprint density at radius 1 is 1.41 bits per heavy atom. The number of rotatable bonds is 4. The molecule has 1 atom stereocenters. The van der Waals surface area contributed by atoms with Gasteiger partial charge in [-0.3, -0.25) is 9.69 Å². The molecule has 4 heteroatoms. The van der Waals surface area contributed by atoms with Crippen LogP contribution in [0, 0.1) is 0 Å². The summed E-state index contributed by atoms with van der Waals surface area (Å²) in [6, 6.07) is 7.27. The van der Waals surface area contributed by atoms with Crippen molar-refractivity contribution in [1.29, 1.82) is 0 Å². The van der Waals surface area contributed by atoms with Gasteiger partial charge in [-0.25, -0.2) is 0 Å². The van der Waals surface area contributed by atoms with E-state index in [1.165, 1.54) is 0 Å². The molecular weight excluding hydrogens is 216 g/mol. The van der Waals surface area contributed by atoms with Crippen molar-refractivity contribution in [2.24, 2.45) is 0 Å². The zero-order valence-corrected chi connectivity index (χ0v) is 10.3. The molecule has 2 aromatic rings. The quantitative estimate of drug-likeness (QED) is 0.812. The van der Waals surface area contributed by atoms with Crippen LogP contribution in [0.4, 0.5) is 0 Å². The summed E-state index contributed by atoms with van der Waals surface area (Å²) in [5.74, 6) is 0.147. The van der Waals surface area contributed by atoms with Gasteiger partial charge in [0.2, 0.25) is 0 Å². The molecule has 0 bridgehead atoms. The number of likely N-dealkylation sites (N-methyl/N-ethyl adjacent to an activating group) is 1. The molecule has 0 N–H and O–H groups in total. The number of aromatic nitrogens is 1. The molecule has 0 aliphatic rings. The maximum Gasteiger partial charge on any atom is 0.167 e. The molecular formula is C13H16N2O2. The third-order valence-electron chi connectivity index (χ3n) is 2.83. The third-order valence-corrected chi connectivity index (χ3v) is 2.83. The zero-order chi connectivity index (χ0) is 12.4. The largest absolute Gasteiger partial charge is 0.356 e. The molecule has 0 spiro atoms. The van der Waals surface area contributed by atoms with E-state index in [1.807, 2.05) is 50.2 Å².